The van der Waals surface area contributed by atoms with Gasteiger partial charge in [-0.05, 0) is 42.5 Å². The summed E-state index contributed by atoms with van der Waals surface area (Å²) in [4.78, 5) is 5.24. The fourth-order valence-corrected chi connectivity index (χ4v) is 2.20. The highest BCUT2D eigenvalue weighted by Gasteiger charge is 2.14. The molecule has 3 nitrogen and oxygen atoms in total. The molecule has 1 heterocycles. The Hall–Kier alpha value is -1.52. The van der Waals surface area contributed by atoms with Crippen molar-refractivity contribution in [3.63, 3.8) is 0 Å². The van der Waals surface area contributed by atoms with E-state index in [2.05, 4.69) is 4.98 Å². The minimum absolute atomic E-state index is 0.377. The Kier molecular flexibility index (Phi) is 3.89. The number of aliphatic hydroxyl groups excluding tert-OH is 1. The molecule has 1 aromatic heterocycles. The standard InChI is InChI=1S/C14H16N2OS/c1-9-7-12(14(15)16-8-9)13(17)10-3-5-11(18-2)6-4-10/h3-8,13,17H,1-2H3,(H2,15,16). The van der Waals surface area contributed by atoms with Crippen LogP contribution in [0, 0.1) is 6.92 Å². The fourth-order valence-electron chi connectivity index (χ4n) is 1.79. The smallest absolute Gasteiger partial charge is 0.129 e. The number of hydrogen-bond acceptors (Lipinski definition) is 4. The lowest BCUT2D eigenvalue weighted by atomic mass is 10.0. The highest BCUT2D eigenvalue weighted by molar-refractivity contribution is 7.98. The molecule has 0 saturated heterocycles. The van der Waals surface area contributed by atoms with Crippen LogP contribution in [0.5, 0.6) is 0 Å². The van der Waals surface area contributed by atoms with E-state index in [9.17, 15) is 5.11 Å². The average molecular weight is 260 g/mol. The second kappa shape index (κ2) is 5.42. The lowest BCUT2D eigenvalue weighted by Crippen LogP contribution is -2.06. The molecule has 0 aliphatic carbocycles. The fraction of sp³-hybridized carbons (Fsp3) is 0.214. The molecule has 1 aromatic carbocycles. The van der Waals surface area contributed by atoms with Crippen LogP contribution < -0.4 is 5.73 Å². The van der Waals surface area contributed by atoms with Gasteiger partial charge in [-0.3, -0.25) is 0 Å². The van der Waals surface area contributed by atoms with Crippen LogP contribution in [0.2, 0.25) is 0 Å². The normalized spacial score (nSPS) is 12.4. The minimum Gasteiger partial charge on any atom is -0.384 e. The molecular formula is C14H16N2OS. The molecule has 0 radical (unpaired) electrons. The van der Waals surface area contributed by atoms with Gasteiger partial charge in [0.1, 0.15) is 11.9 Å². The Bertz CT molecular complexity index is 540. The van der Waals surface area contributed by atoms with E-state index in [1.807, 2.05) is 43.5 Å². The van der Waals surface area contributed by atoms with Gasteiger partial charge in [0.15, 0.2) is 0 Å². The Morgan fingerprint density at radius 2 is 1.94 bits per heavy atom. The largest absolute Gasteiger partial charge is 0.384 e. The maximum atomic E-state index is 10.3. The summed E-state index contributed by atoms with van der Waals surface area (Å²) in [5.74, 6) is 0.377. The molecule has 3 N–H and O–H groups in total. The average Bonchev–Trinajstić information content (AvgIpc) is 2.41. The number of hydrogen-bond donors (Lipinski definition) is 2. The predicted octanol–water partition coefficient (Wildman–Crippen LogP) is 2.78. The number of aliphatic hydroxyl groups is 1. The second-order valence-corrected chi connectivity index (χ2v) is 5.04. The van der Waals surface area contributed by atoms with Gasteiger partial charge in [0.25, 0.3) is 0 Å². The molecule has 0 aliphatic heterocycles. The molecule has 0 spiro atoms. The van der Waals surface area contributed by atoms with Crippen LogP contribution in [-0.2, 0) is 0 Å². The zero-order valence-corrected chi connectivity index (χ0v) is 11.2. The molecule has 0 saturated carbocycles. The van der Waals surface area contributed by atoms with Crippen molar-refractivity contribution in [3.05, 3.63) is 53.2 Å². The van der Waals surface area contributed by atoms with Crippen molar-refractivity contribution < 1.29 is 5.11 Å². The number of benzene rings is 1. The third-order valence-electron chi connectivity index (χ3n) is 2.81. The third kappa shape index (κ3) is 2.66. The first-order valence-corrected chi connectivity index (χ1v) is 6.88. The van der Waals surface area contributed by atoms with E-state index in [1.54, 1.807) is 18.0 Å². The molecule has 0 amide bonds. The number of aryl methyl sites for hydroxylation is 1. The highest BCUT2D eigenvalue weighted by atomic mass is 32.2. The van der Waals surface area contributed by atoms with Crippen molar-refractivity contribution in [2.75, 3.05) is 12.0 Å². The summed E-state index contributed by atoms with van der Waals surface area (Å²) in [7, 11) is 0. The van der Waals surface area contributed by atoms with Gasteiger partial charge in [0, 0.05) is 16.7 Å². The number of pyridine rings is 1. The van der Waals surface area contributed by atoms with Crippen molar-refractivity contribution in [1.29, 1.82) is 0 Å². The summed E-state index contributed by atoms with van der Waals surface area (Å²) >= 11 is 1.67. The van der Waals surface area contributed by atoms with Crippen LogP contribution >= 0.6 is 11.8 Å². The summed E-state index contributed by atoms with van der Waals surface area (Å²) in [6, 6.07) is 9.68. The molecule has 4 heteroatoms. The topological polar surface area (TPSA) is 59.1 Å². The monoisotopic (exact) mass is 260 g/mol. The van der Waals surface area contributed by atoms with Gasteiger partial charge in [0.2, 0.25) is 0 Å². The van der Waals surface area contributed by atoms with Gasteiger partial charge in [-0.15, -0.1) is 11.8 Å². The Morgan fingerprint density at radius 1 is 1.28 bits per heavy atom. The Morgan fingerprint density at radius 3 is 2.56 bits per heavy atom. The van der Waals surface area contributed by atoms with Gasteiger partial charge in [-0.2, -0.15) is 0 Å². The van der Waals surface area contributed by atoms with E-state index in [1.165, 1.54) is 4.90 Å². The molecule has 2 rings (SSSR count). The first-order chi connectivity index (χ1) is 8.61. The lowest BCUT2D eigenvalue weighted by Gasteiger charge is -2.14. The second-order valence-electron chi connectivity index (χ2n) is 4.16. The Balaban J connectivity index is 2.34. The van der Waals surface area contributed by atoms with Crippen LogP contribution in [0.4, 0.5) is 5.82 Å². The quantitative estimate of drug-likeness (QED) is 0.833. The summed E-state index contributed by atoms with van der Waals surface area (Å²) in [6.07, 6.45) is 2.99. The van der Waals surface area contributed by atoms with Crippen LogP contribution in [0.1, 0.15) is 22.8 Å². The summed E-state index contributed by atoms with van der Waals surface area (Å²) in [5.41, 5.74) is 8.28. The van der Waals surface area contributed by atoms with E-state index in [0.717, 1.165) is 11.1 Å². The van der Waals surface area contributed by atoms with Crippen LogP contribution in [-0.4, -0.2) is 16.3 Å². The van der Waals surface area contributed by atoms with E-state index in [4.69, 9.17) is 5.73 Å². The van der Waals surface area contributed by atoms with E-state index in [0.29, 0.717) is 11.4 Å². The molecule has 18 heavy (non-hydrogen) atoms. The zero-order valence-electron chi connectivity index (χ0n) is 10.4. The van der Waals surface area contributed by atoms with Crippen LogP contribution in [0.15, 0.2) is 41.4 Å². The maximum absolute atomic E-state index is 10.3. The van der Waals surface area contributed by atoms with Gasteiger partial charge in [0.05, 0.1) is 0 Å². The van der Waals surface area contributed by atoms with Crippen molar-refractivity contribution >= 4 is 17.6 Å². The SMILES string of the molecule is CSc1ccc(C(O)c2cc(C)cnc2N)cc1. The molecule has 1 atom stereocenters. The van der Waals surface area contributed by atoms with Crippen molar-refractivity contribution in [1.82, 2.24) is 4.98 Å². The van der Waals surface area contributed by atoms with Gasteiger partial charge in [-0.1, -0.05) is 12.1 Å². The molecule has 0 aliphatic rings. The number of nitrogen functional groups attached to an aromatic ring is 1. The first kappa shape index (κ1) is 12.9. The van der Waals surface area contributed by atoms with Crippen LogP contribution in [0.25, 0.3) is 0 Å². The number of aromatic nitrogens is 1. The number of rotatable bonds is 3. The van der Waals surface area contributed by atoms with Gasteiger partial charge >= 0.3 is 0 Å². The summed E-state index contributed by atoms with van der Waals surface area (Å²) in [6.45, 7) is 1.93. The molecular weight excluding hydrogens is 244 g/mol. The maximum Gasteiger partial charge on any atom is 0.129 e. The van der Waals surface area contributed by atoms with Crippen molar-refractivity contribution in [2.24, 2.45) is 0 Å². The Labute approximate surface area is 111 Å². The molecule has 2 aromatic rings. The highest BCUT2D eigenvalue weighted by Crippen LogP contribution is 2.27. The number of anilines is 1. The molecule has 1 unspecified atom stereocenters. The van der Waals surface area contributed by atoms with Gasteiger partial charge < -0.3 is 10.8 Å². The van der Waals surface area contributed by atoms with E-state index < -0.39 is 6.10 Å². The third-order valence-corrected chi connectivity index (χ3v) is 3.56. The van der Waals surface area contributed by atoms with Crippen molar-refractivity contribution in [3.8, 4) is 0 Å². The lowest BCUT2D eigenvalue weighted by molar-refractivity contribution is 0.220. The van der Waals surface area contributed by atoms with Gasteiger partial charge in [-0.25, -0.2) is 4.98 Å². The summed E-state index contributed by atoms with van der Waals surface area (Å²) in [5, 5.41) is 10.3. The number of thioether (sulfide) groups is 1. The molecule has 0 bridgehead atoms. The summed E-state index contributed by atoms with van der Waals surface area (Å²) < 4.78 is 0. The molecule has 0 fully saturated rings. The molecule has 94 valence electrons. The van der Waals surface area contributed by atoms with Crippen LogP contribution in [0.3, 0.4) is 0 Å². The predicted molar refractivity (Wildman–Crippen MR) is 75.7 cm³/mol. The minimum atomic E-state index is -0.728. The first-order valence-electron chi connectivity index (χ1n) is 5.66. The zero-order chi connectivity index (χ0) is 13.1. The van der Waals surface area contributed by atoms with E-state index in [-0.39, 0.29) is 0 Å². The van der Waals surface area contributed by atoms with Crippen molar-refractivity contribution in [2.45, 2.75) is 17.9 Å². The van der Waals surface area contributed by atoms with E-state index >= 15 is 0 Å². The number of nitrogens with two attached hydrogens (primary N) is 1. The number of nitrogens with zero attached hydrogens (tertiary/aromatic N) is 1.